The Bertz CT molecular complexity index is 401. The summed E-state index contributed by atoms with van der Waals surface area (Å²) < 4.78 is 0. The maximum absolute atomic E-state index is 10.6. The number of hydrogen-bond donors (Lipinski definition) is 1. The summed E-state index contributed by atoms with van der Waals surface area (Å²) in [5.41, 5.74) is 1.20. The molecule has 0 saturated carbocycles. The molecule has 0 amide bonds. The van der Waals surface area contributed by atoms with Gasteiger partial charge in [-0.1, -0.05) is 44.8 Å². The zero-order chi connectivity index (χ0) is 14.6. The molecule has 0 radical (unpaired) electrons. The number of rotatable bonds is 10. The molecule has 1 heterocycles. The highest BCUT2D eigenvalue weighted by Crippen LogP contribution is 2.12. The van der Waals surface area contributed by atoms with E-state index in [0.717, 1.165) is 25.7 Å². The maximum Gasteiger partial charge on any atom is 0.306 e. The number of allylic oxidation sites excluding steroid dienone is 1. The summed E-state index contributed by atoms with van der Waals surface area (Å²) in [6.45, 7) is 1.78. The number of unbranched alkanes of at least 4 members (excludes halogenated alkanes) is 5. The lowest BCUT2D eigenvalue weighted by Gasteiger charge is -2.05. The fourth-order valence-electron chi connectivity index (χ4n) is 2.06. The Labute approximate surface area is 121 Å². The molecule has 110 valence electrons. The Kier molecular flexibility index (Phi) is 8.36. The van der Waals surface area contributed by atoms with E-state index in [1.54, 1.807) is 19.3 Å². The molecule has 0 aliphatic carbocycles. The van der Waals surface area contributed by atoms with Crippen molar-refractivity contribution in [3.63, 3.8) is 0 Å². The van der Waals surface area contributed by atoms with E-state index < -0.39 is 5.97 Å². The van der Waals surface area contributed by atoms with Gasteiger partial charge in [0.25, 0.3) is 0 Å². The van der Waals surface area contributed by atoms with Crippen LogP contribution in [0.15, 0.2) is 30.6 Å². The van der Waals surface area contributed by atoms with Crippen LogP contribution in [0.3, 0.4) is 0 Å². The summed E-state index contributed by atoms with van der Waals surface area (Å²) in [5, 5.41) is 8.76. The fourth-order valence-corrected chi connectivity index (χ4v) is 2.06. The van der Waals surface area contributed by atoms with Crippen LogP contribution in [0.25, 0.3) is 6.08 Å². The Balaban J connectivity index is 1.95. The van der Waals surface area contributed by atoms with E-state index in [2.05, 4.69) is 17.1 Å². The number of nitrogens with zero attached hydrogens (tertiary/aromatic N) is 1. The van der Waals surface area contributed by atoms with Gasteiger partial charge in [0, 0.05) is 12.4 Å². The fraction of sp³-hybridized carbons (Fsp3) is 0.529. The molecule has 1 aromatic rings. The second-order valence-corrected chi connectivity index (χ2v) is 5.27. The van der Waals surface area contributed by atoms with E-state index in [4.69, 9.17) is 5.11 Å². The van der Waals surface area contributed by atoms with Gasteiger partial charge in [0.2, 0.25) is 0 Å². The summed E-state index contributed by atoms with van der Waals surface area (Å²) in [5.74, 6) is -0.871. The van der Waals surface area contributed by atoms with Crippen LogP contribution in [0.4, 0.5) is 0 Å². The number of carboxylic acids is 1. The van der Waals surface area contributed by atoms with Crippen molar-refractivity contribution in [2.75, 3.05) is 0 Å². The van der Waals surface area contributed by atoms with Gasteiger partial charge in [-0.05, 0) is 37.0 Å². The van der Waals surface area contributed by atoms with Crippen molar-refractivity contribution >= 4 is 12.0 Å². The van der Waals surface area contributed by atoms with Gasteiger partial charge in [-0.15, -0.1) is 0 Å². The number of carbonyl (C=O) groups is 1. The maximum atomic E-state index is 10.6. The highest BCUT2D eigenvalue weighted by atomic mass is 16.4. The van der Waals surface area contributed by atoms with Crippen LogP contribution >= 0.6 is 0 Å². The van der Waals surface area contributed by atoms with Crippen LogP contribution in [0.1, 0.15) is 57.4 Å². The van der Waals surface area contributed by atoms with Crippen LogP contribution < -0.4 is 0 Å². The first kappa shape index (κ1) is 16.4. The zero-order valence-corrected chi connectivity index (χ0v) is 12.3. The Morgan fingerprint density at radius 1 is 1.20 bits per heavy atom. The summed E-state index contributed by atoms with van der Waals surface area (Å²) in [6, 6.07) is 4.00. The van der Waals surface area contributed by atoms with Crippen molar-refractivity contribution < 1.29 is 9.90 Å². The van der Waals surface area contributed by atoms with Gasteiger partial charge in [-0.25, -0.2) is 0 Å². The average Bonchev–Trinajstić information content (AvgIpc) is 2.46. The first-order chi connectivity index (χ1) is 9.70. The van der Waals surface area contributed by atoms with E-state index >= 15 is 0 Å². The molecule has 0 saturated heterocycles. The Morgan fingerprint density at radius 3 is 2.55 bits per heavy atom. The lowest BCUT2D eigenvalue weighted by molar-refractivity contribution is -0.141. The predicted molar refractivity (Wildman–Crippen MR) is 82.4 cm³/mol. The first-order valence-electron chi connectivity index (χ1n) is 7.49. The number of aliphatic carboxylic acids is 1. The molecule has 1 atom stereocenters. The molecule has 3 heteroatoms. The third-order valence-electron chi connectivity index (χ3n) is 3.45. The van der Waals surface area contributed by atoms with E-state index in [1.165, 1.54) is 24.8 Å². The van der Waals surface area contributed by atoms with Gasteiger partial charge < -0.3 is 5.11 Å². The highest BCUT2D eigenvalue weighted by molar-refractivity contribution is 5.69. The molecule has 20 heavy (non-hydrogen) atoms. The number of hydrogen-bond acceptors (Lipinski definition) is 2. The van der Waals surface area contributed by atoms with Crippen LogP contribution in [0.5, 0.6) is 0 Å². The van der Waals surface area contributed by atoms with Gasteiger partial charge in [0.15, 0.2) is 0 Å². The molecule has 0 fully saturated rings. The third kappa shape index (κ3) is 7.72. The second kappa shape index (κ2) is 10.2. The van der Waals surface area contributed by atoms with Crippen LogP contribution in [-0.2, 0) is 4.79 Å². The average molecular weight is 275 g/mol. The SMILES string of the molecule is CC(CCCCCCCC=Cc1ccncc1)C(=O)O. The second-order valence-electron chi connectivity index (χ2n) is 5.27. The first-order valence-corrected chi connectivity index (χ1v) is 7.49. The molecule has 3 nitrogen and oxygen atoms in total. The number of aromatic nitrogens is 1. The van der Waals surface area contributed by atoms with Crippen LogP contribution in [0, 0.1) is 5.92 Å². The van der Waals surface area contributed by atoms with Crippen molar-refractivity contribution in [2.45, 2.75) is 51.9 Å². The highest BCUT2D eigenvalue weighted by Gasteiger charge is 2.09. The standard InChI is InChI=1S/C17H25NO2/c1-15(17(19)20)9-7-5-3-2-4-6-8-10-16-11-13-18-14-12-16/h8,10-15H,2-7,9H2,1H3,(H,19,20). The van der Waals surface area contributed by atoms with E-state index in [-0.39, 0.29) is 5.92 Å². The molecule has 1 rings (SSSR count). The summed E-state index contributed by atoms with van der Waals surface area (Å²) >= 11 is 0. The lowest BCUT2D eigenvalue weighted by Crippen LogP contribution is -2.08. The molecule has 0 aliphatic rings. The molecule has 0 spiro atoms. The molecular weight excluding hydrogens is 250 g/mol. The summed E-state index contributed by atoms with van der Waals surface area (Å²) in [4.78, 5) is 14.6. The minimum Gasteiger partial charge on any atom is -0.481 e. The molecule has 0 aliphatic heterocycles. The largest absolute Gasteiger partial charge is 0.481 e. The zero-order valence-electron chi connectivity index (χ0n) is 12.3. The molecule has 0 bridgehead atoms. The van der Waals surface area contributed by atoms with Crippen molar-refractivity contribution in [2.24, 2.45) is 5.92 Å². The Morgan fingerprint density at radius 2 is 1.85 bits per heavy atom. The van der Waals surface area contributed by atoms with Crippen LogP contribution in [0.2, 0.25) is 0 Å². The lowest BCUT2D eigenvalue weighted by atomic mass is 10.0. The van der Waals surface area contributed by atoms with E-state index in [1.807, 2.05) is 12.1 Å². The molecule has 0 aromatic carbocycles. The van der Waals surface area contributed by atoms with Crippen molar-refractivity contribution in [3.8, 4) is 0 Å². The minimum atomic E-state index is -0.675. The van der Waals surface area contributed by atoms with Gasteiger partial charge >= 0.3 is 5.97 Å². The van der Waals surface area contributed by atoms with Gasteiger partial charge in [0.1, 0.15) is 0 Å². The topological polar surface area (TPSA) is 50.2 Å². The number of carboxylic acid groups (broad SMARTS) is 1. The molecule has 1 aromatic heterocycles. The quantitative estimate of drug-likeness (QED) is 0.637. The van der Waals surface area contributed by atoms with E-state index in [0.29, 0.717) is 0 Å². The molecule has 1 unspecified atom stereocenters. The smallest absolute Gasteiger partial charge is 0.306 e. The van der Waals surface area contributed by atoms with Crippen molar-refractivity contribution in [1.82, 2.24) is 4.98 Å². The molecular formula is C17H25NO2. The monoisotopic (exact) mass is 275 g/mol. The van der Waals surface area contributed by atoms with E-state index in [9.17, 15) is 4.79 Å². The molecule has 1 N–H and O–H groups in total. The van der Waals surface area contributed by atoms with Gasteiger partial charge in [0.05, 0.1) is 5.92 Å². The van der Waals surface area contributed by atoms with Gasteiger partial charge in [-0.3, -0.25) is 9.78 Å². The normalized spacial score (nSPS) is 12.7. The predicted octanol–water partition coefficient (Wildman–Crippen LogP) is 4.55. The van der Waals surface area contributed by atoms with Crippen molar-refractivity contribution in [1.29, 1.82) is 0 Å². The summed E-state index contributed by atoms with van der Waals surface area (Å²) in [7, 11) is 0. The number of pyridine rings is 1. The van der Waals surface area contributed by atoms with Crippen molar-refractivity contribution in [3.05, 3.63) is 36.2 Å². The third-order valence-corrected chi connectivity index (χ3v) is 3.45. The summed E-state index contributed by atoms with van der Waals surface area (Å²) in [6.07, 6.45) is 15.7. The Hall–Kier alpha value is -1.64. The minimum absolute atomic E-state index is 0.196. The van der Waals surface area contributed by atoms with Crippen LogP contribution in [-0.4, -0.2) is 16.1 Å². The van der Waals surface area contributed by atoms with Gasteiger partial charge in [-0.2, -0.15) is 0 Å².